The molecule has 0 saturated heterocycles. The topological polar surface area (TPSA) is 155 Å². The van der Waals surface area contributed by atoms with Gasteiger partial charge in [-0.05, 0) is 49.1 Å². The van der Waals surface area contributed by atoms with E-state index >= 15 is 0 Å². The van der Waals surface area contributed by atoms with Gasteiger partial charge in [-0.1, -0.05) is 23.4 Å². The van der Waals surface area contributed by atoms with Gasteiger partial charge in [-0.3, -0.25) is 4.79 Å². The van der Waals surface area contributed by atoms with Crippen molar-refractivity contribution in [2.24, 2.45) is 0 Å². The molecule has 1 aliphatic rings. The molecule has 3 aromatic rings. The van der Waals surface area contributed by atoms with Gasteiger partial charge in [0.05, 0.1) is 12.2 Å². The molecule has 0 saturated carbocycles. The number of fused-ring (bicyclic) bond motifs is 1. The predicted octanol–water partition coefficient (Wildman–Crippen LogP) is 2.67. The zero-order valence-electron chi connectivity index (χ0n) is 17.6. The first-order chi connectivity index (χ1) is 15.8. The molecule has 170 valence electrons. The zero-order chi connectivity index (χ0) is 23.6. The summed E-state index contributed by atoms with van der Waals surface area (Å²) in [5.41, 5.74) is 3.25. The highest BCUT2D eigenvalue weighted by Gasteiger charge is 2.30. The van der Waals surface area contributed by atoms with E-state index in [1.807, 2.05) is 13.0 Å². The van der Waals surface area contributed by atoms with Crippen molar-refractivity contribution in [3.8, 4) is 34.7 Å². The second-order valence-corrected chi connectivity index (χ2v) is 9.17. The summed E-state index contributed by atoms with van der Waals surface area (Å²) in [5, 5.41) is 22.3. The van der Waals surface area contributed by atoms with E-state index in [-0.39, 0.29) is 5.89 Å². The largest absolute Gasteiger partial charge is 0.492 e. The van der Waals surface area contributed by atoms with Gasteiger partial charge in [0.2, 0.25) is 15.8 Å². The average molecular weight is 468 g/mol. The molecule has 0 amide bonds. The quantitative estimate of drug-likeness (QED) is 0.507. The first-order valence-electron chi connectivity index (χ1n) is 10.2. The van der Waals surface area contributed by atoms with Gasteiger partial charge in [0.1, 0.15) is 11.8 Å². The molecule has 10 nitrogen and oxygen atoms in total. The Kier molecular flexibility index (Phi) is 6.13. The van der Waals surface area contributed by atoms with E-state index in [1.54, 1.807) is 30.3 Å². The van der Waals surface area contributed by atoms with Crippen LogP contribution >= 0.6 is 0 Å². The summed E-state index contributed by atoms with van der Waals surface area (Å²) in [6, 6.07) is 12.0. The summed E-state index contributed by atoms with van der Waals surface area (Å²) in [4.78, 5) is 15.3. The third-order valence-electron chi connectivity index (χ3n) is 5.22. The lowest BCUT2D eigenvalue weighted by Gasteiger charge is -2.14. The lowest BCUT2D eigenvalue weighted by molar-refractivity contribution is -0.134. The Balaban J connectivity index is 1.63. The summed E-state index contributed by atoms with van der Waals surface area (Å²) in [6.07, 6.45) is 1.05. The first-order valence-corrected chi connectivity index (χ1v) is 11.8. The Bertz CT molecular complexity index is 1360. The number of carboxylic acid groups (broad SMARTS) is 1. The van der Waals surface area contributed by atoms with Crippen LogP contribution in [0.3, 0.4) is 0 Å². The molecule has 1 atom stereocenters. The number of sulfonamides is 1. The Morgan fingerprint density at radius 3 is 2.91 bits per heavy atom. The molecule has 4 rings (SSSR count). The highest BCUT2D eigenvalue weighted by molar-refractivity contribution is 7.90. The number of carboxylic acids is 1. The fraction of sp³-hybridized carbons (Fsp3) is 0.273. The van der Waals surface area contributed by atoms with Crippen LogP contribution in [0.15, 0.2) is 40.9 Å². The number of benzene rings is 2. The van der Waals surface area contributed by atoms with Crippen LogP contribution in [0.25, 0.3) is 22.8 Å². The maximum absolute atomic E-state index is 12.1. The molecule has 2 N–H and O–H groups in total. The normalized spacial score (nSPS) is 15.1. The lowest BCUT2D eigenvalue weighted by Crippen LogP contribution is -2.32. The standard InChI is InChI=1S/C22H20N4O6S/c1-2-31-19-9-6-13(10-14(19)11-23)22-24-21(25-32-22)17-5-3-4-16-15(17)7-8-18(16)26-33(29,30)12-20(27)28/h3-6,9-10,18,26H,2,7-8,12H2,1H3,(H,27,28). The van der Waals surface area contributed by atoms with Crippen molar-refractivity contribution in [1.29, 1.82) is 5.26 Å². The van der Waals surface area contributed by atoms with Crippen LogP contribution in [0, 0.1) is 11.3 Å². The fourth-order valence-electron chi connectivity index (χ4n) is 3.89. The van der Waals surface area contributed by atoms with Crippen LogP contribution < -0.4 is 9.46 Å². The second-order valence-electron chi connectivity index (χ2n) is 7.41. The number of hydrogen-bond acceptors (Lipinski definition) is 8. The van der Waals surface area contributed by atoms with Crippen LogP contribution in [0.2, 0.25) is 0 Å². The van der Waals surface area contributed by atoms with E-state index in [0.29, 0.717) is 47.7 Å². The Hall–Kier alpha value is -3.75. The van der Waals surface area contributed by atoms with Gasteiger partial charge in [0.25, 0.3) is 5.89 Å². The number of carbonyl (C=O) groups is 1. The number of rotatable bonds is 8. The van der Waals surface area contributed by atoms with E-state index in [9.17, 15) is 18.5 Å². The first kappa shape index (κ1) is 22.4. The smallest absolute Gasteiger partial charge is 0.320 e. The number of nitrogens with zero attached hydrogens (tertiary/aromatic N) is 3. The summed E-state index contributed by atoms with van der Waals surface area (Å²) in [6.45, 7) is 2.27. The molecule has 11 heteroatoms. The molecular formula is C22H20N4O6S. The van der Waals surface area contributed by atoms with Crippen LogP contribution in [0.1, 0.15) is 36.1 Å². The van der Waals surface area contributed by atoms with Gasteiger partial charge in [0, 0.05) is 17.2 Å². The highest BCUT2D eigenvalue weighted by atomic mass is 32.2. The molecule has 0 spiro atoms. The number of ether oxygens (including phenoxy) is 1. The number of hydrogen-bond donors (Lipinski definition) is 2. The van der Waals surface area contributed by atoms with Gasteiger partial charge in [-0.25, -0.2) is 13.1 Å². The molecule has 2 aromatic carbocycles. The Labute approximate surface area is 189 Å². The van der Waals surface area contributed by atoms with Gasteiger partial charge in [0.15, 0.2) is 5.75 Å². The average Bonchev–Trinajstić information content (AvgIpc) is 3.41. The molecule has 33 heavy (non-hydrogen) atoms. The van der Waals surface area contributed by atoms with Crippen LogP contribution in [0.5, 0.6) is 5.75 Å². The second kappa shape index (κ2) is 9.01. The predicted molar refractivity (Wildman–Crippen MR) is 117 cm³/mol. The molecule has 1 aliphatic carbocycles. The third kappa shape index (κ3) is 4.72. The molecule has 1 heterocycles. The Morgan fingerprint density at radius 1 is 1.36 bits per heavy atom. The summed E-state index contributed by atoms with van der Waals surface area (Å²) in [7, 11) is -3.97. The molecule has 0 bridgehead atoms. The molecule has 0 aliphatic heterocycles. The monoisotopic (exact) mass is 468 g/mol. The molecule has 1 aromatic heterocycles. The van der Waals surface area contributed by atoms with Gasteiger partial charge < -0.3 is 14.4 Å². The van der Waals surface area contributed by atoms with Crippen molar-refractivity contribution in [2.75, 3.05) is 12.4 Å². The Morgan fingerprint density at radius 2 is 2.18 bits per heavy atom. The summed E-state index contributed by atoms with van der Waals surface area (Å²) in [5.74, 6) is -1.36. The number of nitrogens with one attached hydrogen (secondary N) is 1. The third-order valence-corrected chi connectivity index (χ3v) is 6.49. The van der Waals surface area contributed by atoms with Crippen molar-refractivity contribution in [3.05, 3.63) is 53.1 Å². The van der Waals surface area contributed by atoms with Crippen molar-refractivity contribution >= 4 is 16.0 Å². The van der Waals surface area contributed by atoms with Crippen LogP contribution in [-0.2, 0) is 21.2 Å². The maximum atomic E-state index is 12.1. The molecule has 1 unspecified atom stereocenters. The zero-order valence-corrected chi connectivity index (χ0v) is 18.4. The van der Waals surface area contributed by atoms with Crippen LogP contribution in [0.4, 0.5) is 0 Å². The van der Waals surface area contributed by atoms with Crippen molar-refractivity contribution in [3.63, 3.8) is 0 Å². The summed E-state index contributed by atoms with van der Waals surface area (Å²) >= 11 is 0. The molecule has 0 radical (unpaired) electrons. The minimum atomic E-state index is -3.97. The van der Waals surface area contributed by atoms with E-state index in [2.05, 4.69) is 20.9 Å². The number of aromatic nitrogens is 2. The summed E-state index contributed by atoms with van der Waals surface area (Å²) < 4.78 is 37.5. The van der Waals surface area contributed by atoms with Gasteiger partial charge in [-0.15, -0.1) is 0 Å². The molecule has 0 fully saturated rings. The minimum Gasteiger partial charge on any atom is -0.492 e. The van der Waals surface area contributed by atoms with Crippen LogP contribution in [-0.4, -0.2) is 42.0 Å². The number of aliphatic carboxylic acids is 1. The van der Waals surface area contributed by atoms with E-state index in [1.165, 1.54) is 0 Å². The van der Waals surface area contributed by atoms with E-state index in [0.717, 1.165) is 11.1 Å². The van der Waals surface area contributed by atoms with Gasteiger partial charge >= 0.3 is 5.97 Å². The van der Waals surface area contributed by atoms with Crippen molar-refractivity contribution < 1.29 is 27.6 Å². The highest BCUT2D eigenvalue weighted by Crippen LogP contribution is 2.38. The van der Waals surface area contributed by atoms with Crippen molar-refractivity contribution in [1.82, 2.24) is 14.9 Å². The fourth-order valence-corrected chi connectivity index (χ4v) is 4.98. The van der Waals surface area contributed by atoms with Gasteiger partial charge in [-0.2, -0.15) is 10.2 Å². The molecular weight excluding hydrogens is 448 g/mol. The lowest BCUT2D eigenvalue weighted by atomic mass is 10.0. The van der Waals surface area contributed by atoms with Crippen molar-refractivity contribution in [2.45, 2.75) is 25.8 Å². The maximum Gasteiger partial charge on any atom is 0.320 e. The van der Waals surface area contributed by atoms with E-state index < -0.39 is 27.8 Å². The number of nitriles is 1. The minimum absolute atomic E-state index is 0.235. The SMILES string of the molecule is CCOc1ccc(-c2nc(-c3cccc4c3CCC4NS(=O)(=O)CC(=O)O)no2)cc1C#N. The van der Waals surface area contributed by atoms with E-state index in [4.69, 9.17) is 14.4 Å².